The molecule has 0 saturated heterocycles. The number of carbonyl (C=O) groups excluding carboxylic acids is 1. The average Bonchev–Trinajstić information content (AvgIpc) is 3.11. The molecule has 26 heavy (non-hydrogen) atoms. The van der Waals surface area contributed by atoms with E-state index >= 15 is 0 Å². The standard InChI is InChI=1S/C21H24N4O/c26-21(25-23-11-13-4-2-1-3-5-13)18-12-22-20(24-18)19-16-7-14-6-15(9-16)10-17(19)8-14/h1-5,11-12,14-17,19H,6-10H2,(H,22,24)(H,25,26)/b23-11+. The minimum atomic E-state index is -0.236. The summed E-state index contributed by atoms with van der Waals surface area (Å²) in [5.74, 6) is 4.68. The molecule has 2 aromatic rings. The number of aromatic amines is 1. The SMILES string of the molecule is O=C(N/N=C/c1ccccc1)c1cnc(C2C3CC4CC(C3)CC2C4)[nH]1. The highest BCUT2D eigenvalue weighted by molar-refractivity contribution is 5.93. The van der Waals surface area contributed by atoms with Gasteiger partial charge in [0.25, 0.3) is 5.91 Å². The molecule has 5 nitrogen and oxygen atoms in total. The summed E-state index contributed by atoms with van der Waals surface area (Å²) in [7, 11) is 0. The third kappa shape index (κ3) is 2.85. The van der Waals surface area contributed by atoms with E-state index in [1.165, 1.54) is 32.1 Å². The van der Waals surface area contributed by atoms with E-state index in [1.807, 2.05) is 30.3 Å². The number of hydrogen-bond donors (Lipinski definition) is 2. The van der Waals surface area contributed by atoms with Gasteiger partial charge in [0.15, 0.2) is 0 Å². The highest BCUT2D eigenvalue weighted by atomic mass is 16.2. The van der Waals surface area contributed by atoms with Crippen LogP contribution in [-0.4, -0.2) is 22.1 Å². The zero-order chi connectivity index (χ0) is 17.5. The van der Waals surface area contributed by atoms with Crippen LogP contribution >= 0.6 is 0 Å². The Morgan fingerprint density at radius 2 is 1.77 bits per heavy atom. The van der Waals surface area contributed by atoms with Crippen LogP contribution in [0.5, 0.6) is 0 Å². The van der Waals surface area contributed by atoms with E-state index in [0.717, 1.165) is 35.1 Å². The minimum absolute atomic E-state index is 0.236. The lowest BCUT2D eigenvalue weighted by molar-refractivity contribution is -0.00541. The van der Waals surface area contributed by atoms with Gasteiger partial charge in [0.2, 0.25) is 0 Å². The molecule has 4 fully saturated rings. The lowest BCUT2D eigenvalue weighted by Gasteiger charge is -2.53. The smallest absolute Gasteiger partial charge is 0.289 e. The number of rotatable bonds is 4. The van der Waals surface area contributed by atoms with E-state index in [4.69, 9.17) is 0 Å². The molecule has 1 aromatic carbocycles. The zero-order valence-corrected chi connectivity index (χ0v) is 14.8. The molecule has 4 bridgehead atoms. The third-order valence-corrected chi connectivity index (χ3v) is 6.56. The highest BCUT2D eigenvalue weighted by Crippen LogP contribution is 2.59. The number of hydrogen-bond acceptors (Lipinski definition) is 3. The van der Waals surface area contributed by atoms with Crippen molar-refractivity contribution in [1.82, 2.24) is 15.4 Å². The number of nitrogens with one attached hydrogen (secondary N) is 2. The molecule has 134 valence electrons. The predicted molar refractivity (Wildman–Crippen MR) is 99.9 cm³/mol. The van der Waals surface area contributed by atoms with Gasteiger partial charge in [0.1, 0.15) is 11.5 Å². The van der Waals surface area contributed by atoms with Crippen LogP contribution in [0.25, 0.3) is 0 Å². The summed E-state index contributed by atoms with van der Waals surface area (Å²) < 4.78 is 0. The Labute approximate surface area is 153 Å². The summed E-state index contributed by atoms with van der Waals surface area (Å²) in [4.78, 5) is 20.2. The van der Waals surface area contributed by atoms with Gasteiger partial charge in [-0.3, -0.25) is 4.79 Å². The summed E-state index contributed by atoms with van der Waals surface area (Å²) in [5, 5.41) is 4.04. The van der Waals surface area contributed by atoms with E-state index in [-0.39, 0.29) is 5.91 Å². The Kier molecular flexibility index (Phi) is 3.88. The minimum Gasteiger partial charge on any atom is -0.338 e. The Morgan fingerprint density at radius 1 is 1.08 bits per heavy atom. The van der Waals surface area contributed by atoms with Crippen molar-refractivity contribution in [3.05, 3.63) is 53.6 Å². The van der Waals surface area contributed by atoms with Gasteiger partial charge in [0, 0.05) is 5.92 Å². The van der Waals surface area contributed by atoms with E-state index < -0.39 is 0 Å². The van der Waals surface area contributed by atoms with Crippen molar-refractivity contribution in [3.63, 3.8) is 0 Å². The second-order valence-corrected chi connectivity index (χ2v) is 8.25. The molecule has 4 aliphatic carbocycles. The largest absolute Gasteiger partial charge is 0.338 e. The molecule has 5 heteroatoms. The molecule has 0 unspecified atom stereocenters. The summed E-state index contributed by atoms with van der Waals surface area (Å²) >= 11 is 0. The first kappa shape index (κ1) is 15.8. The molecule has 0 atom stereocenters. The van der Waals surface area contributed by atoms with Gasteiger partial charge in [-0.1, -0.05) is 30.3 Å². The number of carbonyl (C=O) groups is 1. The Hall–Kier alpha value is -2.43. The second-order valence-electron chi connectivity index (χ2n) is 8.25. The number of amides is 1. The number of aromatic nitrogens is 2. The van der Waals surface area contributed by atoms with Crippen molar-refractivity contribution < 1.29 is 4.79 Å². The van der Waals surface area contributed by atoms with Gasteiger partial charge in [-0.05, 0) is 61.3 Å². The van der Waals surface area contributed by atoms with Crippen molar-refractivity contribution in [1.29, 1.82) is 0 Å². The van der Waals surface area contributed by atoms with Crippen LogP contribution in [0.4, 0.5) is 0 Å². The molecule has 4 saturated carbocycles. The van der Waals surface area contributed by atoms with E-state index in [9.17, 15) is 4.79 Å². The van der Waals surface area contributed by atoms with Crippen LogP contribution in [0.1, 0.15) is 59.9 Å². The first-order valence-electron chi connectivity index (χ1n) is 9.69. The fourth-order valence-corrected chi connectivity index (χ4v) is 5.76. The summed E-state index contributed by atoms with van der Waals surface area (Å²) in [6.07, 6.45) is 10.1. The Morgan fingerprint density at radius 3 is 2.46 bits per heavy atom. The van der Waals surface area contributed by atoms with Crippen LogP contribution in [0, 0.1) is 23.7 Å². The molecule has 1 heterocycles. The fraction of sp³-hybridized carbons (Fsp3) is 0.476. The first-order valence-corrected chi connectivity index (χ1v) is 9.69. The van der Waals surface area contributed by atoms with Gasteiger partial charge in [-0.15, -0.1) is 0 Å². The van der Waals surface area contributed by atoms with Crippen LogP contribution in [0.3, 0.4) is 0 Å². The lowest BCUT2D eigenvalue weighted by atomic mass is 9.52. The number of H-pyrrole nitrogens is 1. The molecular weight excluding hydrogens is 324 g/mol. The van der Waals surface area contributed by atoms with Gasteiger partial charge >= 0.3 is 0 Å². The molecule has 1 amide bonds. The average molecular weight is 348 g/mol. The van der Waals surface area contributed by atoms with Crippen LogP contribution < -0.4 is 5.43 Å². The van der Waals surface area contributed by atoms with Crippen molar-refractivity contribution in [2.75, 3.05) is 0 Å². The van der Waals surface area contributed by atoms with E-state index in [1.54, 1.807) is 12.4 Å². The van der Waals surface area contributed by atoms with E-state index in [0.29, 0.717) is 11.6 Å². The monoisotopic (exact) mass is 348 g/mol. The van der Waals surface area contributed by atoms with Crippen molar-refractivity contribution in [3.8, 4) is 0 Å². The van der Waals surface area contributed by atoms with Gasteiger partial charge in [0.05, 0.1) is 12.4 Å². The van der Waals surface area contributed by atoms with Crippen LogP contribution in [0.15, 0.2) is 41.6 Å². The summed E-state index contributed by atoms with van der Waals surface area (Å²) in [6, 6.07) is 9.71. The van der Waals surface area contributed by atoms with Crippen molar-refractivity contribution in [2.24, 2.45) is 28.8 Å². The number of hydrazone groups is 1. The van der Waals surface area contributed by atoms with Crippen molar-refractivity contribution >= 4 is 12.1 Å². The number of nitrogens with zero attached hydrogens (tertiary/aromatic N) is 2. The van der Waals surface area contributed by atoms with Gasteiger partial charge in [-0.25, -0.2) is 10.4 Å². The molecule has 0 aliphatic heterocycles. The lowest BCUT2D eigenvalue weighted by Crippen LogP contribution is -2.44. The molecule has 0 radical (unpaired) electrons. The third-order valence-electron chi connectivity index (χ3n) is 6.56. The molecule has 6 rings (SSSR count). The zero-order valence-electron chi connectivity index (χ0n) is 14.8. The normalized spacial score (nSPS) is 32.2. The molecule has 2 N–H and O–H groups in total. The van der Waals surface area contributed by atoms with Gasteiger partial charge in [-0.2, -0.15) is 5.10 Å². The number of benzene rings is 1. The van der Waals surface area contributed by atoms with Crippen LogP contribution in [0.2, 0.25) is 0 Å². The summed E-state index contributed by atoms with van der Waals surface area (Å²) in [6.45, 7) is 0. The van der Waals surface area contributed by atoms with Crippen LogP contribution in [-0.2, 0) is 0 Å². The second kappa shape index (κ2) is 6.38. The summed E-state index contributed by atoms with van der Waals surface area (Å²) in [5.41, 5.74) is 4.04. The van der Waals surface area contributed by atoms with E-state index in [2.05, 4.69) is 20.5 Å². The maximum Gasteiger partial charge on any atom is 0.289 e. The fourth-order valence-electron chi connectivity index (χ4n) is 5.76. The topological polar surface area (TPSA) is 70.1 Å². The molecular formula is C21H24N4O. The molecule has 0 spiro atoms. The maximum atomic E-state index is 12.3. The predicted octanol–water partition coefficient (Wildman–Crippen LogP) is 3.71. The Balaban J connectivity index is 1.27. The Bertz CT molecular complexity index is 798. The quantitative estimate of drug-likeness (QED) is 0.653. The number of imidazole rings is 1. The first-order chi connectivity index (χ1) is 12.8. The van der Waals surface area contributed by atoms with Gasteiger partial charge < -0.3 is 4.98 Å². The molecule has 4 aliphatic rings. The molecule has 1 aromatic heterocycles. The highest BCUT2D eigenvalue weighted by Gasteiger charge is 2.49. The maximum absolute atomic E-state index is 12.3. The van der Waals surface area contributed by atoms with Crippen molar-refractivity contribution in [2.45, 2.75) is 38.0 Å².